The summed E-state index contributed by atoms with van der Waals surface area (Å²) >= 11 is 0. The highest BCUT2D eigenvalue weighted by Gasteiger charge is 2.37. The SMILES string of the molecule is O=C(c1cc(C2CC2)[nH]n1)N1CCC[C@H]2CCCC[C@@H]21. The molecule has 4 heteroatoms. The van der Waals surface area contributed by atoms with Crippen LogP contribution in [0.4, 0.5) is 0 Å². The third kappa shape index (κ3) is 2.15. The molecule has 3 fully saturated rings. The summed E-state index contributed by atoms with van der Waals surface area (Å²) in [7, 11) is 0. The van der Waals surface area contributed by atoms with Crippen molar-refractivity contribution >= 4 is 5.91 Å². The number of aromatic nitrogens is 2. The molecule has 1 aromatic heterocycles. The second-order valence-electron chi connectivity index (χ2n) is 6.74. The van der Waals surface area contributed by atoms with Crippen LogP contribution in [-0.2, 0) is 0 Å². The predicted octanol–water partition coefficient (Wildman–Crippen LogP) is 3.08. The fourth-order valence-electron chi connectivity index (χ4n) is 4.07. The van der Waals surface area contributed by atoms with Crippen molar-refractivity contribution in [3.05, 3.63) is 17.5 Å². The van der Waals surface area contributed by atoms with Gasteiger partial charge in [-0.3, -0.25) is 9.89 Å². The summed E-state index contributed by atoms with van der Waals surface area (Å²) < 4.78 is 0. The van der Waals surface area contributed by atoms with E-state index < -0.39 is 0 Å². The van der Waals surface area contributed by atoms with Crippen LogP contribution in [0.5, 0.6) is 0 Å². The van der Waals surface area contributed by atoms with E-state index in [9.17, 15) is 4.79 Å². The van der Waals surface area contributed by atoms with Gasteiger partial charge in [0.05, 0.1) is 0 Å². The van der Waals surface area contributed by atoms with Crippen LogP contribution >= 0.6 is 0 Å². The quantitative estimate of drug-likeness (QED) is 0.900. The Hall–Kier alpha value is -1.32. The lowest BCUT2D eigenvalue weighted by atomic mass is 9.78. The lowest BCUT2D eigenvalue weighted by Crippen LogP contribution is -2.49. The summed E-state index contributed by atoms with van der Waals surface area (Å²) in [5.74, 6) is 1.53. The standard InChI is InChI=1S/C16H23N3O/c20-16(14-10-13(17-18-14)11-7-8-11)19-9-3-5-12-4-1-2-6-15(12)19/h10-12,15H,1-9H2,(H,17,18)/t12-,15+/m1/s1. The zero-order valence-electron chi connectivity index (χ0n) is 12.0. The molecule has 0 unspecified atom stereocenters. The number of nitrogens with zero attached hydrogens (tertiary/aromatic N) is 2. The number of amides is 1. The first-order chi connectivity index (χ1) is 9.83. The molecule has 4 nitrogen and oxygen atoms in total. The second-order valence-corrected chi connectivity index (χ2v) is 6.74. The van der Waals surface area contributed by atoms with Crippen molar-refractivity contribution in [2.75, 3.05) is 6.54 Å². The van der Waals surface area contributed by atoms with Gasteiger partial charge in [0.1, 0.15) is 5.69 Å². The van der Waals surface area contributed by atoms with Crippen molar-refractivity contribution in [2.45, 2.75) is 63.3 Å². The van der Waals surface area contributed by atoms with Crippen molar-refractivity contribution < 1.29 is 4.79 Å². The molecule has 1 saturated heterocycles. The van der Waals surface area contributed by atoms with E-state index in [1.165, 1.54) is 44.9 Å². The number of rotatable bonds is 2. The van der Waals surface area contributed by atoms with E-state index in [1.807, 2.05) is 6.07 Å². The number of aromatic amines is 1. The molecular formula is C16H23N3O. The molecule has 1 N–H and O–H groups in total. The molecule has 3 aliphatic rings. The largest absolute Gasteiger partial charge is 0.334 e. The third-order valence-electron chi connectivity index (χ3n) is 5.34. The molecule has 2 atom stereocenters. The molecular weight excluding hydrogens is 250 g/mol. The minimum atomic E-state index is 0.157. The van der Waals surface area contributed by atoms with Gasteiger partial charge in [-0.25, -0.2) is 0 Å². The maximum absolute atomic E-state index is 12.8. The van der Waals surface area contributed by atoms with Crippen LogP contribution in [0.25, 0.3) is 0 Å². The molecule has 20 heavy (non-hydrogen) atoms. The summed E-state index contributed by atoms with van der Waals surface area (Å²) in [5, 5.41) is 7.34. The van der Waals surface area contributed by atoms with Gasteiger partial charge in [0, 0.05) is 24.2 Å². The zero-order valence-corrected chi connectivity index (χ0v) is 12.0. The molecule has 0 radical (unpaired) electrons. The fraction of sp³-hybridized carbons (Fsp3) is 0.750. The molecule has 108 valence electrons. The smallest absolute Gasteiger partial charge is 0.274 e. The van der Waals surface area contributed by atoms with Crippen LogP contribution < -0.4 is 0 Å². The molecule has 0 aromatic carbocycles. The molecule has 4 rings (SSSR count). The Bertz CT molecular complexity index is 504. The maximum atomic E-state index is 12.8. The lowest BCUT2D eigenvalue weighted by molar-refractivity contribution is 0.0385. The first kappa shape index (κ1) is 12.4. The highest BCUT2D eigenvalue weighted by atomic mass is 16.2. The van der Waals surface area contributed by atoms with Crippen LogP contribution in [0.1, 0.15) is 73.5 Å². The Kier molecular flexibility index (Phi) is 3.04. The fourth-order valence-corrected chi connectivity index (χ4v) is 4.07. The summed E-state index contributed by atoms with van der Waals surface area (Å²) in [5.41, 5.74) is 1.80. The molecule has 1 amide bonds. The number of piperidine rings is 1. The van der Waals surface area contributed by atoms with Crippen LogP contribution in [0, 0.1) is 5.92 Å². The predicted molar refractivity (Wildman–Crippen MR) is 76.6 cm³/mol. The highest BCUT2D eigenvalue weighted by molar-refractivity contribution is 5.92. The number of H-pyrrole nitrogens is 1. The van der Waals surface area contributed by atoms with Crippen molar-refractivity contribution in [3.63, 3.8) is 0 Å². The van der Waals surface area contributed by atoms with Gasteiger partial charge < -0.3 is 4.90 Å². The normalized spacial score (nSPS) is 30.1. The van der Waals surface area contributed by atoms with E-state index in [-0.39, 0.29) is 5.91 Å². The molecule has 2 aliphatic carbocycles. The van der Waals surface area contributed by atoms with Crippen LogP contribution in [0.2, 0.25) is 0 Å². The van der Waals surface area contributed by atoms with Crippen LogP contribution in [-0.4, -0.2) is 33.6 Å². The van der Waals surface area contributed by atoms with Crippen molar-refractivity contribution in [1.82, 2.24) is 15.1 Å². The summed E-state index contributed by atoms with van der Waals surface area (Å²) in [6, 6.07) is 2.47. The zero-order chi connectivity index (χ0) is 13.5. The van der Waals surface area contributed by atoms with Crippen LogP contribution in [0.15, 0.2) is 6.07 Å². The first-order valence-electron chi connectivity index (χ1n) is 8.19. The number of nitrogens with one attached hydrogen (secondary N) is 1. The Labute approximate surface area is 119 Å². The van der Waals surface area contributed by atoms with Gasteiger partial charge in [-0.15, -0.1) is 0 Å². The minimum absolute atomic E-state index is 0.157. The average molecular weight is 273 g/mol. The number of fused-ring (bicyclic) bond motifs is 1. The molecule has 1 aliphatic heterocycles. The van der Waals surface area contributed by atoms with E-state index in [0.29, 0.717) is 17.7 Å². The van der Waals surface area contributed by atoms with E-state index in [2.05, 4.69) is 15.1 Å². The third-order valence-corrected chi connectivity index (χ3v) is 5.34. The Balaban J connectivity index is 1.53. The molecule has 0 spiro atoms. The topological polar surface area (TPSA) is 49.0 Å². The summed E-state index contributed by atoms with van der Waals surface area (Å²) in [6.07, 6.45) is 10.1. The molecule has 2 heterocycles. The Morgan fingerprint density at radius 2 is 1.95 bits per heavy atom. The van der Waals surface area contributed by atoms with Gasteiger partial charge in [-0.1, -0.05) is 12.8 Å². The monoisotopic (exact) mass is 273 g/mol. The van der Waals surface area contributed by atoms with Gasteiger partial charge in [0.2, 0.25) is 0 Å². The van der Waals surface area contributed by atoms with E-state index >= 15 is 0 Å². The average Bonchev–Trinajstić information content (AvgIpc) is 3.23. The molecule has 1 aromatic rings. The Morgan fingerprint density at radius 1 is 1.15 bits per heavy atom. The highest BCUT2D eigenvalue weighted by Crippen LogP contribution is 2.39. The van der Waals surface area contributed by atoms with E-state index in [4.69, 9.17) is 0 Å². The van der Waals surface area contributed by atoms with Gasteiger partial charge in [0.15, 0.2) is 0 Å². The minimum Gasteiger partial charge on any atom is -0.334 e. The number of hydrogen-bond acceptors (Lipinski definition) is 2. The maximum Gasteiger partial charge on any atom is 0.274 e. The number of likely N-dealkylation sites (tertiary alicyclic amines) is 1. The van der Waals surface area contributed by atoms with Gasteiger partial charge >= 0.3 is 0 Å². The lowest BCUT2D eigenvalue weighted by Gasteiger charge is -2.43. The number of hydrogen-bond donors (Lipinski definition) is 1. The van der Waals surface area contributed by atoms with Gasteiger partial charge in [-0.2, -0.15) is 5.10 Å². The van der Waals surface area contributed by atoms with Crippen molar-refractivity contribution in [3.8, 4) is 0 Å². The molecule has 2 saturated carbocycles. The summed E-state index contributed by atoms with van der Waals surface area (Å²) in [6.45, 7) is 0.922. The first-order valence-corrected chi connectivity index (χ1v) is 8.19. The van der Waals surface area contributed by atoms with Crippen LogP contribution in [0.3, 0.4) is 0 Å². The van der Waals surface area contributed by atoms with E-state index in [0.717, 1.165) is 24.6 Å². The number of carbonyl (C=O) groups is 1. The number of carbonyl (C=O) groups excluding carboxylic acids is 1. The van der Waals surface area contributed by atoms with Gasteiger partial charge in [-0.05, 0) is 50.5 Å². The van der Waals surface area contributed by atoms with E-state index in [1.54, 1.807) is 0 Å². The second kappa shape index (κ2) is 4.90. The molecule has 0 bridgehead atoms. The van der Waals surface area contributed by atoms with Gasteiger partial charge in [0.25, 0.3) is 5.91 Å². The Morgan fingerprint density at radius 3 is 2.80 bits per heavy atom. The summed E-state index contributed by atoms with van der Waals surface area (Å²) in [4.78, 5) is 14.9. The van der Waals surface area contributed by atoms with Crippen molar-refractivity contribution in [2.24, 2.45) is 5.92 Å². The van der Waals surface area contributed by atoms with Crippen molar-refractivity contribution in [1.29, 1.82) is 0 Å².